The standard InChI is InChI=1S/C21H28N4O2S/c1-17-8-9-18(19-10-11-21(23-22-19)24-12-6-7-13-24)16-20(17)28(26,27)25-14-4-2-3-5-15-25/h8-11,16H,2-7,12-15H2,1H3. The van der Waals surface area contributed by atoms with E-state index < -0.39 is 10.0 Å². The van der Waals surface area contributed by atoms with E-state index in [9.17, 15) is 8.42 Å². The SMILES string of the molecule is Cc1ccc(-c2ccc(N3CCCC3)nn2)cc1S(=O)(=O)N1CCCCCC1. The summed E-state index contributed by atoms with van der Waals surface area (Å²) >= 11 is 0. The zero-order chi connectivity index (χ0) is 19.6. The Bertz CT molecular complexity index is 914. The van der Waals surface area contributed by atoms with E-state index in [1.807, 2.05) is 31.2 Å². The van der Waals surface area contributed by atoms with Crippen molar-refractivity contribution in [1.82, 2.24) is 14.5 Å². The van der Waals surface area contributed by atoms with Crippen molar-refractivity contribution in [2.24, 2.45) is 0 Å². The Balaban J connectivity index is 1.63. The summed E-state index contributed by atoms with van der Waals surface area (Å²) in [6.07, 6.45) is 6.45. The lowest BCUT2D eigenvalue weighted by Crippen LogP contribution is -2.32. The summed E-state index contributed by atoms with van der Waals surface area (Å²) in [7, 11) is -3.49. The van der Waals surface area contributed by atoms with Gasteiger partial charge in [0.05, 0.1) is 10.6 Å². The number of aryl methyl sites for hydroxylation is 1. The number of aromatic nitrogens is 2. The number of rotatable bonds is 4. The van der Waals surface area contributed by atoms with Crippen LogP contribution < -0.4 is 4.90 Å². The van der Waals surface area contributed by atoms with Crippen LogP contribution in [-0.4, -0.2) is 49.1 Å². The highest BCUT2D eigenvalue weighted by molar-refractivity contribution is 7.89. The van der Waals surface area contributed by atoms with E-state index in [1.165, 1.54) is 12.8 Å². The molecule has 0 atom stereocenters. The van der Waals surface area contributed by atoms with Gasteiger partial charge in [0.15, 0.2) is 5.82 Å². The minimum Gasteiger partial charge on any atom is -0.355 e. The monoisotopic (exact) mass is 400 g/mol. The summed E-state index contributed by atoms with van der Waals surface area (Å²) in [6, 6.07) is 9.48. The van der Waals surface area contributed by atoms with Crippen LogP contribution in [0.3, 0.4) is 0 Å². The Morgan fingerprint density at radius 3 is 2.14 bits per heavy atom. The van der Waals surface area contributed by atoms with Crippen molar-refractivity contribution in [1.29, 1.82) is 0 Å². The van der Waals surface area contributed by atoms with Gasteiger partial charge in [0.1, 0.15) is 0 Å². The highest BCUT2D eigenvalue weighted by Gasteiger charge is 2.27. The second kappa shape index (κ2) is 8.17. The molecule has 2 fully saturated rings. The molecule has 0 bridgehead atoms. The molecule has 0 amide bonds. The Labute approximate surface area is 167 Å². The molecular weight excluding hydrogens is 372 g/mol. The van der Waals surface area contributed by atoms with Gasteiger partial charge in [-0.3, -0.25) is 0 Å². The molecule has 0 radical (unpaired) electrons. The summed E-state index contributed by atoms with van der Waals surface area (Å²) in [4.78, 5) is 2.62. The third-order valence-electron chi connectivity index (χ3n) is 5.75. The Morgan fingerprint density at radius 1 is 0.821 bits per heavy atom. The molecule has 0 aliphatic carbocycles. The van der Waals surface area contributed by atoms with E-state index in [1.54, 1.807) is 10.4 Å². The third kappa shape index (κ3) is 3.91. The number of nitrogens with zero attached hydrogens (tertiary/aromatic N) is 4. The first-order valence-corrected chi connectivity index (χ1v) is 11.7. The van der Waals surface area contributed by atoms with Gasteiger partial charge in [0.25, 0.3) is 0 Å². The van der Waals surface area contributed by atoms with Gasteiger partial charge in [0, 0.05) is 31.7 Å². The van der Waals surface area contributed by atoms with Gasteiger partial charge in [-0.1, -0.05) is 25.0 Å². The largest absolute Gasteiger partial charge is 0.355 e. The van der Waals surface area contributed by atoms with Crippen LogP contribution in [0.5, 0.6) is 0 Å². The van der Waals surface area contributed by atoms with Crippen LogP contribution in [0.4, 0.5) is 5.82 Å². The Morgan fingerprint density at radius 2 is 1.50 bits per heavy atom. The van der Waals surface area contributed by atoms with Gasteiger partial charge in [-0.15, -0.1) is 10.2 Å². The van der Waals surface area contributed by atoms with E-state index in [0.717, 1.165) is 55.7 Å². The van der Waals surface area contributed by atoms with Crippen molar-refractivity contribution in [3.63, 3.8) is 0 Å². The molecule has 1 aromatic carbocycles. The molecule has 6 nitrogen and oxygen atoms in total. The lowest BCUT2D eigenvalue weighted by Gasteiger charge is -2.21. The first-order chi connectivity index (χ1) is 13.6. The number of hydrogen-bond acceptors (Lipinski definition) is 5. The molecule has 1 aromatic heterocycles. The molecule has 7 heteroatoms. The van der Waals surface area contributed by atoms with E-state index in [-0.39, 0.29) is 0 Å². The summed E-state index contributed by atoms with van der Waals surface area (Å²) in [5, 5.41) is 8.74. The predicted octanol–water partition coefficient (Wildman–Crippen LogP) is 3.62. The van der Waals surface area contributed by atoms with Crippen molar-refractivity contribution in [3.8, 4) is 11.3 Å². The third-order valence-corrected chi connectivity index (χ3v) is 7.79. The molecule has 0 spiro atoms. The van der Waals surface area contributed by atoms with Gasteiger partial charge >= 0.3 is 0 Å². The van der Waals surface area contributed by atoms with Crippen LogP contribution in [0, 0.1) is 6.92 Å². The van der Waals surface area contributed by atoms with Crippen molar-refractivity contribution < 1.29 is 8.42 Å². The highest BCUT2D eigenvalue weighted by Crippen LogP contribution is 2.28. The van der Waals surface area contributed by atoms with E-state index >= 15 is 0 Å². The van der Waals surface area contributed by atoms with Crippen molar-refractivity contribution >= 4 is 15.8 Å². The average Bonchev–Trinajstić information content (AvgIpc) is 3.10. The highest BCUT2D eigenvalue weighted by atomic mass is 32.2. The van der Waals surface area contributed by atoms with Gasteiger partial charge in [-0.25, -0.2) is 8.42 Å². The van der Waals surface area contributed by atoms with Crippen LogP contribution in [0.1, 0.15) is 44.1 Å². The quantitative estimate of drug-likeness (QED) is 0.784. The summed E-state index contributed by atoms with van der Waals surface area (Å²) in [6.45, 7) is 5.12. The van der Waals surface area contributed by atoms with E-state index in [2.05, 4.69) is 15.1 Å². The lowest BCUT2D eigenvalue weighted by molar-refractivity contribution is 0.423. The fraction of sp³-hybridized carbons (Fsp3) is 0.524. The summed E-state index contributed by atoms with van der Waals surface area (Å²) in [5.74, 6) is 0.894. The topological polar surface area (TPSA) is 66.4 Å². The number of anilines is 1. The number of benzene rings is 1. The smallest absolute Gasteiger partial charge is 0.243 e. The van der Waals surface area contributed by atoms with E-state index in [0.29, 0.717) is 23.7 Å². The molecule has 0 unspecified atom stereocenters. The molecular formula is C21H28N4O2S. The van der Waals surface area contributed by atoms with Gasteiger partial charge in [0.2, 0.25) is 10.0 Å². The first kappa shape index (κ1) is 19.3. The van der Waals surface area contributed by atoms with Gasteiger partial charge in [-0.2, -0.15) is 4.31 Å². The molecule has 0 N–H and O–H groups in total. The van der Waals surface area contributed by atoms with Crippen LogP contribution in [0.25, 0.3) is 11.3 Å². The fourth-order valence-electron chi connectivity index (χ4n) is 4.05. The van der Waals surface area contributed by atoms with Crippen LogP contribution in [-0.2, 0) is 10.0 Å². The normalized spacial score (nSPS) is 19.0. The van der Waals surface area contributed by atoms with Crippen molar-refractivity contribution in [3.05, 3.63) is 35.9 Å². The van der Waals surface area contributed by atoms with Crippen molar-refractivity contribution in [2.45, 2.75) is 50.3 Å². The first-order valence-electron chi connectivity index (χ1n) is 10.3. The predicted molar refractivity (Wildman–Crippen MR) is 111 cm³/mol. The maximum atomic E-state index is 13.3. The molecule has 2 aliphatic heterocycles. The van der Waals surface area contributed by atoms with Crippen LogP contribution in [0.2, 0.25) is 0 Å². The summed E-state index contributed by atoms with van der Waals surface area (Å²) < 4.78 is 28.2. The van der Waals surface area contributed by atoms with Crippen LogP contribution >= 0.6 is 0 Å². The molecule has 2 aliphatic rings. The maximum absolute atomic E-state index is 13.3. The fourth-order valence-corrected chi connectivity index (χ4v) is 5.82. The number of sulfonamides is 1. The van der Waals surface area contributed by atoms with Crippen molar-refractivity contribution in [2.75, 3.05) is 31.1 Å². The second-order valence-corrected chi connectivity index (χ2v) is 9.68. The lowest BCUT2D eigenvalue weighted by atomic mass is 10.1. The minimum atomic E-state index is -3.49. The molecule has 150 valence electrons. The zero-order valence-corrected chi connectivity index (χ0v) is 17.3. The Hall–Kier alpha value is -1.99. The molecule has 2 saturated heterocycles. The molecule has 28 heavy (non-hydrogen) atoms. The zero-order valence-electron chi connectivity index (χ0n) is 16.5. The Kier molecular flexibility index (Phi) is 5.64. The van der Waals surface area contributed by atoms with Crippen LogP contribution in [0.15, 0.2) is 35.2 Å². The molecule has 3 heterocycles. The molecule has 2 aromatic rings. The second-order valence-electron chi connectivity index (χ2n) is 7.77. The summed E-state index contributed by atoms with van der Waals surface area (Å²) in [5.41, 5.74) is 2.27. The van der Waals surface area contributed by atoms with E-state index in [4.69, 9.17) is 0 Å². The van der Waals surface area contributed by atoms with Gasteiger partial charge < -0.3 is 4.90 Å². The maximum Gasteiger partial charge on any atom is 0.243 e. The molecule has 4 rings (SSSR count). The minimum absolute atomic E-state index is 0.386. The average molecular weight is 401 g/mol. The number of hydrogen-bond donors (Lipinski definition) is 0. The molecule has 0 saturated carbocycles. The van der Waals surface area contributed by atoms with Gasteiger partial charge in [-0.05, 0) is 56.4 Å².